The van der Waals surface area contributed by atoms with Crippen LogP contribution in [0.1, 0.15) is 31.0 Å². The third-order valence-electron chi connectivity index (χ3n) is 2.65. The van der Waals surface area contributed by atoms with Gasteiger partial charge in [-0.05, 0) is 29.5 Å². The number of aryl methyl sites for hydroxylation is 1. The Hall–Kier alpha value is -1.56. The molecule has 2 aromatic rings. The molecule has 0 fully saturated rings. The summed E-state index contributed by atoms with van der Waals surface area (Å²) < 4.78 is 0. The van der Waals surface area contributed by atoms with Gasteiger partial charge in [0.05, 0.1) is 0 Å². The van der Waals surface area contributed by atoms with E-state index < -0.39 is 0 Å². The molecule has 0 aliphatic heterocycles. The molecule has 0 heteroatoms. The Bertz CT molecular complexity index is 415. The summed E-state index contributed by atoms with van der Waals surface area (Å²) in [4.78, 5) is 0. The summed E-state index contributed by atoms with van der Waals surface area (Å²) in [5.41, 5.74) is 4.20. The molecule has 0 spiro atoms. The summed E-state index contributed by atoms with van der Waals surface area (Å²) in [7, 11) is 0. The average Bonchev–Trinajstić information content (AvgIpc) is 2.31. The first-order valence-corrected chi connectivity index (χ1v) is 5.50. The summed E-state index contributed by atoms with van der Waals surface area (Å²) in [6.07, 6.45) is 2.15. The van der Waals surface area contributed by atoms with Crippen molar-refractivity contribution in [2.75, 3.05) is 0 Å². The van der Waals surface area contributed by atoms with Crippen LogP contribution in [0.4, 0.5) is 0 Å². The van der Waals surface area contributed by atoms with Crippen molar-refractivity contribution < 1.29 is 0 Å². The fourth-order valence-electron chi connectivity index (χ4n) is 1.79. The lowest BCUT2D eigenvalue weighted by Gasteiger charge is -2.03. The molecule has 0 unspecified atom stereocenters. The number of hydrogen-bond acceptors (Lipinski definition) is 0. The maximum absolute atomic E-state index is 2.30. The average molecular weight is 212 g/mol. The Balaban J connectivity index is 0.00000128. The fraction of sp³-hybridized carbons (Fsp3) is 0.250. The fourth-order valence-corrected chi connectivity index (χ4v) is 1.79. The first kappa shape index (κ1) is 12.5. The van der Waals surface area contributed by atoms with Crippen LogP contribution in [0.25, 0.3) is 0 Å². The van der Waals surface area contributed by atoms with Gasteiger partial charge >= 0.3 is 0 Å². The molecular formula is C16H20. The lowest BCUT2D eigenvalue weighted by molar-refractivity contribution is 1.11. The van der Waals surface area contributed by atoms with E-state index in [1.165, 1.54) is 16.7 Å². The van der Waals surface area contributed by atoms with Crippen molar-refractivity contribution in [1.82, 2.24) is 0 Å². The smallest absolute Gasteiger partial charge is 0.00257 e. The van der Waals surface area contributed by atoms with Crippen LogP contribution in [0.5, 0.6) is 0 Å². The number of benzene rings is 2. The number of hydrogen-bond donors (Lipinski definition) is 0. The molecule has 0 saturated carbocycles. The maximum atomic E-state index is 2.30. The van der Waals surface area contributed by atoms with Crippen LogP contribution < -0.4 is 0 Å². The van der Waals surface area contributed by atoms with E-state index in [4.69, 9.17) is 0 Å². The second kappa shape index (κ2) is 6.12. The molecule has 0 aliphatic rings. The predicted molar refractivity (Wildman–Crippen MR) is 71.8 cm³/mol. The van der Waals surface area contributed by atoms with Gasteiger partial charge in [0, 0.05) is 0 Å². The largest absolute Gasteiger partial charge is 0.0776 e. The summed E-state index contributed by atoms with van der Waals surface area (Å²) in [6, 6.07) is 19.5. The molecule has 0 N–H and O–H groups in total. The molecule has 16 heavy (non-hydrogen) atoms. The minimum absolute atomic E-state index is 0. The molecule has 0 radical (unpaired) electrons. The molecule has 0 nitrogen and oxygen atoms in total. The van der Waals surface area contributed by atoms with E-state index in [9.17, 15) is 0 Å². The van der Waals surface area contributed by atoms with Crippen molar-refractivity contribution in [2.24, 2.45) is 0 Å². The number of rotatable bonds is 3. The highest BCUT2D eigenvalue weighted by Crippen LogP contribution is 2.11. The molecule has 2 aromatic carbocycles. The molecule has 0 aliphatic carbocycles. The SMILES string of the molecule is C.CCc1cccc(Cc2ccccc2)c1. The lowest BCUT2D eigenvalue weighted by atomic mass is 10.0. The third kappa shape index (κ3) is 3.23. The topological polar surface area (TPSA) is 0 Å². The second-order valence-electron chi connectivity index (χ2n) is 3.84. The van der Waals surface area contributed by atoms with E-state index in [0.717, 1.165) is 12.8 Å². The van der Waals surface area contributed by atoms with E-state index in [0.29, 0.717) is 0 Å². The monoisotopic (exact) mass is 212 g/mol. The van der Waals surface area contributed by atoms with Crippen molar-refractivity contribution in [1.29, 1.82) is 0 Å². The van der Waals surface area contributed by atoms with Gasteiger partial charge in [-0.25, -0.2) is 0 Å². The first-order chi connectivity index (χ1) is 7.38. The van der Waals surface area contributed by atoms with Crippen molar-refractivity contribution in [3.05, 3.63) is 71.3 Å². The Morgan fingerprint density at radius 2 is 1.38 bits per heavy atom. The lowest BCUT2D eigenvalue weighted by Crippen LogP contribution is -1.89. The zero-order chi connectivity index (χ0) is 10.5. The van der Waals surface area contributed by atoms with Gasteiger partial charge in [0.2, 0.25) is 0 Å². The molecule has 0 heterocycles. The minimum Gasteiger partial charge on any atom is -0.0776 e. The van der Waals surface area contributed by atoms with E-state index in [1.807, 2.05) is 0 Å². The zero-order valence-electron chi connectivity index (χ0n) is 9.11. The van der Waals surface area contributed by atoms with Gasteiger partial charge in [-0.3, -0.25) is 0 Å². The highest BCUT2D eigenvalue weighted by atomic mass is 14.0. The highest BCUT2D eigenvalue weighted by Gasteiger charge is 1.96. The van der Waals surface area contributed by atoms with Crippen LogP contribution in [0, 0.1) is 0 Å². The maximum Gasteiger partial charge on any atom is -0.00257 e. The minimum atomic E-state index is 0. The molecule has 0 atom stereocenters. The van der Waals surface area contributed by atoms with Crippen LogP contribution in [0.2, 0.25) is 0 Å². The molecule has 0 saturated heterocycles. The summed E-state index contributed by atoms with van der Waals surface area (Å²) in [5, 5.41) is 0. The van der Waals surface area contributed by atoms with Gasteiger partial charge in [0.1, 0.15) is 0 Å². The molecule has 84 valence electrons. The van der Waals surface area contributed by atoms with E-state index in [2.05, 4.69) is 61.5 Å². The Kier molecular flexibility index (Phi) is 4.78. The van der Waals surface area contributed by atoms with Gasteiger partial charge < -0.3 is 0 Å². The van der Waals surface area contributed by atoms with Crippen LogP contribution >= 0.6 is 0 Å². The van der Waals surface area contributed by atoms with Gasteiger partial charge in [-0.15, -0.1) is 0 Å². The van der Waals surface area contributed by atoms with E-state index >= 15 is 0 Å². The van der Waals surface area contributed by atoms with Crippen LogP contribution in [0.3, 0.4) is 0 Å². The standard InChI is InChI=1S/C15H16.CH4/c1-2-13-9-6-10-15(11-13)12-14-7-4-3-5-8-14;/h3-11H,2,12H2,1H3;1H4. The van der Waals surface area contributed by atoms with E-state index in [-0.39, 0.29) is 7.43 Å². The summed E-state index contributed by atoms with van der Waals surface area (Å²) >= 11 is 0. The second-order valence-corrected chi connectivity index (χ2v) is 3.84. The normalized spacial score (nSPS) is 9.56. The first-order valence-electron chi connectivity index (χ1n) is 5.50. The summed E-state index contributed by atoms with van der Waals surface area (Å²) in [5.74, 6) is 0. The highest BCUT2D eigenvalue weighted by molar-refractivity contribution is 5.29. The van der Waals surface area contributed by atoms with Crippen molar-refractivity contribution in [2.45, 2.75) is 27.2 Å². The molecule has 0 aromatic heterocycles. The zero-order valence-corrected chi connectivity index (χ0v) is 9.11. The molecule has 0 bridgehead atoms. The van der Waals surface area contributed by atoms with Gasteiger partial charge in [0.25, 0.3) is 0 Å². The van der Waals surface area contributed by atoms with Crippen molar-refractivity contribution in [3.8, 4) is 0 Å². The van der Waals surface area contributed by atoms with Gasteiger partial charge in [-0.2, -0.15) is 0 Å². The van der Waals surface area contributed by atoms with E-state index in [1.54, 1.807) is 0 Å². The quantitative estimate of drug-likeness (QED) is 0.704. The Morgan fingerprint density at radius 3 is 2.06 bits per heavy atom. The molecule has 0 amide bonds. The summed E-state index contributed by atoms with van der Waals surface area (Å²) in [6.45, 7) is 2.20. The van der Waals surface area contributed by atoms with Crippen LogP contribution in [0.15, 0.2) is 54.6 Å². The van der Waals surface area contributed by atoms with Crippen LogP contribution in [-0.2, 0) is 12.8 Å². The van der Waals surface area contributed by atoms with Crippen LogP contribution in [-0.4, -0.2) is 0 Å². The Morgan fingerprint density at radius 1 is 0.750 bits per heavy atom. The third-order valence-corrected chi connectivity index (χ3v) is 2.65. The molecular weight excluding hydrogens is 192 g/mol. The predicted octanol–water partition coefficient (Wildman–Crippen LogP) is 4.48. The van der Waals surface area contributed by atoms with Gasteiger partial charge in [0.15, 0.2) is 0 Å². The molecule has 2 rings (SSSR count). The van der Waals surface area contributed by atoms with Crippen molar-refractivity contribution in [3.63, 3.8) is 0 Å². The van der Waals surface area contributed by atoms with Crippen molar-refractivity contribution >= 4 is 0 Å². The Labute approximate surface area is 99.0 Å². The van der Waals surface area contributed by atoms with Gasteiger partial charge in [-0.1, -0.05) is 68.9 Å².